The van der Waals surface area contributed by atoms with Crippen LogP contribution in [-0.2, 0) is 0 Å². The van der Waals surface area contributed by atoms with E-state index in [1.807, 2.05) is 0 Å². The standard InChI is InChI=1S/C14H29N3/c1-4-10-16-14(15)17(11-9-12(2)3)13-7-5-6-8-13/h12-13H,4-11H2,1-3H3,(H2,15,16). The van der Waals surface area contributed by atoms with Crippen molar-refractivity contribution in [2.75, 3.05) is 13.1 Å². The van der Waals surface area contributed by atoms with Gasteiger partial charge in [-0.3, -0.25) is 4.99 Å². The Labute approximate surface area is 106 Å². The molecule has 0 saturated heterocycles. The van der Waals surface area contributed by atoms with Crippen molar-refractivity contribution < 1.29 is 0 Å². The minimum Gasteiger partial charge on any atom is -0.370 e. The maximum absolute atomic E-state index is 6.15. The summed E-state index contributed by atoms with van der Waals surface area (Å²) in [5, 5.41) is 0. The van der Waals surface area contributed by atoms with E-state index < -0.39 is 0 Å². The molecule has 0 spiro atoms. The first-order chi connectivity index (χ1) is 8.15. The SMILES string of the molecule is CCCN=C(N)N(CCC(C)C)C1CCCC1. The van der Waals surface area contributed by atoms with Gasteiger partial charge in [0, 0.05) is 19.1 Å². The fourth-order valence-electron chi connectivity index (χ4n) is 2.41. The molecule has 1 saturated carbocycles. The molecule has 1 fully saturated rings. The van der Waals surface area contributed by atoms with Gasteiger partial charge in [0.15, 0.2) is 5.96 Å². The van der Waals surface area contributed by atoms with Crippen molar-refractivity contribution in [3.05, 3.63) is 0 Å². The van der Waals surface area contributed by atoms with E-state index in [0.717, 1.165) is 31.4 Å². The van der Waals surface area contributed by atoms with E-state index >= 15 is 0 Å². The van der Waals surface area contributed by atoms with Crippen LogP contribution in [0, 0.1) is 5.92 Å². The van der Waals surface area contributed by atoms with Crippen molar-refractivity contribution in [2.24, 2.45) is 16.6 Å². The molecule has 0 aromatic rings. The fourth-order valence-corrected chi connectivity index (χ4v) is 2.41. The average Bonchev–Trinajstić information content (AvgIpc) is 2.79. The Kier molecular flexibility index (Phi) is 6.38. The number of guanidine groups is 1. The Bertz CT molecular complexity index is 230. The Morgan fingerprint density at radius 2 is 2.00 bits per heavy atom. The van der Waals surface area contributed by atoms with Crippen molar-refractivity contribution in [3.8, 4) is 0 Å². The molecule has 0 amide bonds. The third kappa shape index (κ3) is 4.97. The molecule has 1 rings (SSSR count). The molecule has 1 aliphatic carbocycles. The molecular formula is C14H29N3. The maximum atomic E-state index is 6.15. The molecule has 0 bridgehead atoms. The summed E-state index contributed by atoms with van der Waals surface area (Å²) in [6.45, 7) is 8.61. The molecule has 3 heteroatoms. The molecule has 0 radical (unpaired) electrons. The summed E-state index contributed by atoms with van der Waals surface area (Å²) < 4.78 is 0. The van der Waals surface area contributed by atoms with E-state index in [0.29, 0.717) is 6.04 Å². The minimum atomic E-state index is 0.648. The normalized spacial score (nSPS) is 18.0. The van der Waals surface area contributed by atoms with Crippen LogP contribution >= 0.6 is 0 Å². The molecule has 0 aromatic heterocycles. The Hall–Kier alpha value is -0.730. The van der Waals surface area contributed by atoms with Gasteiger partial charge in [0.05, 0.1) is 0 Å². The molecule has 0 aromatic carbocycles. The van der Waals surface area contributed by atoms with Crippen LogP contribution in [0.2, 0.25) is 0 Å². The van der Waals surface area contributed by atoms with E-state index in [9.17, 15) is 0 Å². The molecule has 0 unspecified atom stereocenters. The second-order valence-corrected chi connectivity index (χ2v) is 5.55. The van der Waals surface area contributed by atoms with Gasteiger partial charge in [-0.2, -0.15) is 0 Å². The first-order valence-electron chi connectivity index (χ1n) is 7.21. The molecule has 3 nitrogen and oxygen atoms in total. The summed E-state index contributed by atoms with van der Waals surface area (Å²) >= 11 is 0. The van der Waals surface area contributed by atoms with E-state index in [2.05, 4.69) is 30.7 Å². The second kappa shape index (κ2) is 7.57. The summed E-state index contributed by atoms with van der Waals surface area (Å²) in [4.78, 5) is 6.85. The van der Waals surface area contributed by atoms with Crippen LogP contribution in [0.5, 0.6) is 0 Å². The van der Waals surface area contributed by atoms with Crippen LogP contribution in [0.25, 0.3) is 0 Å². The van der Waals surface area contributed by atoms with Crippen LogP contribution in [0.4, 0.5) is 0 Å². The average molecular weight is 239 g/mol. The second-order valence-electron chi connectivity index (χ2n) is 5.55. The highest BCUT2D eigenvalue weighted by molar-refractivity contribution is 5.78. The lowest BCUT2D eigenvalue weighted by molar-refractivity contribution is 0.292. The van der Waals surface area contributed by atoms with Gasteiger partial charge in [0.2, 0.25) is 0 Å². The third-order valence-electron chi connectivity index (χ3n) is 3.50. The zero-order chi connectivity index (χ0) is 12.7. The van der Waals surface area contributed by atoms with Crippen LogP contribution in [-0.4, -0.2) is 30.0 Å². The van der Waals surface area contributed by atoms with E-state index in [1.54, 1.807) is 0 Å². The topological polar surface area (TPSA) is 41.6 Å². The third-order valence-corrected chi connectivity index (χ3v) is 3.50. The van der Waals surface area contributed by atoms with Gasteiger partial charge >= 0.3 is 0 Å². The zero-order valence-corrected chi connectivity index (χ0v) is 11.8. The van der Waals surface area contributed by atoms with Crippen molar-refractivity contribution in [3.63, 3.8) is 0 Å². The van der Waals surface area contributed by atoms with Crippen LogP contribution < -0.4 is 5.73 Å². The number of rotatable bonds is 6. The van der Waals surface area contributed by atoms with Crippen molar-refractivity contribution in [1.82, 2.24) is 4.90 Å². The van der Waals surface area contributed by atoms with Gasteiger partial charge in [0.25, 0.3) is 0 Å². The molecule has 0 aliphatic heterocycles. The smallest absolute Gasteiger partial charge is 0.191 e. The minimum absolute atomic E-state index is 0.648. The van der Waals surface area contributed by atoms with Gasteiger partial charge in [-0.15, -0.1) is 0 Å². The van der Waals surface area contributed by atoms with E-state index in [-0.39, 0.29) is 0 Å². The highest BCUT2D eigenvalue weighted by atomic mass is 15.3. The first-order valence-corrected chi connectivity index (χ1v) is 7.21. The molecule has 2 N–H and O–H groups in total. The van der Waals surface area contributed by atoms with Crippen LogP contribution in [0.15, 0.2) is 4.99 Å². The first kappa shape index (κ1) is 14.3. The van der Waals surface area contributed by atoms with E-state index in [1.165, 1.54) is 32.1 Å². The lowest BCUT2D eigenvalue weighted by Gasteiger charge is -2.30. The van der Waals surface area contributed by atoms with E-state index in [4.69, 9.17) is 5.73 Å². The van der Waals surface area contributed by atoms with Gasteiger partial charge in [-0.25, -0.2) is 0 Å². The van der Waals surface area contributed by atoms with Crippen molar-refractivity contribution in [1.29, 1.82) is 0 Å². The lowest BCUT2D eigenvalue weighted by atomic mass is 10.1. The quantitative estimate of drug-likeness (QED) is 0.572. The Morgan fingerprint density at radius 1 is 1.35 bits per heavy atom. The Balaban J connectivity index is 2.56. The van der Waals surface area contributed by atoms with Gasteiger partial charge in [0.1, 0.15) is 0 Å². The molecule has 100 valence electrons. The highest BCUT2D eigenvalue weighted by Crippen LogP contribution is 2.24. The summed E-state index contributed by atoms with van der Waals surface area (Å²) in [5.41, 5.74) is 6.15. The monoisotopic (exact) mass is 239 g/mol. The molecule has 0 atom stereocenters. The number of nitrogens with zero attached hydrogens (tertiary/aromatic N) is 2. The largest absolute Gasteiger partial charge is 0.370 e. The van der Waals surface area contributed by atoms with Crippen molar-refractivity contribution >= 4 is 5.96 Å². The maximum Gasteiger partial charge on any atom is 0.191 e. The van der Waals surface area contributed by atoms with Gasteiger partial charge < -0.3 is 10.6 Å². The predicted molar refractivity (Wildman–Crippen MR) is 75.2 cm³/mol. The lowest BCUT2D eigenvalue weighted by Crippen LogP contribution is -2.44. The number of nitrogens with two attached hydrogens (primary N) is 1. The number of hydrogen-bond acceptors (Lipinski definition) is 1. The molecular weight excluding hydrogens is 210 g/mol. The predicted octanol–water partition coefficient (Wildman–Crippen LogP) is 3.00. The summed E-state index contributed by atoms with van der Waals surface area (Å²) in [7, 11) is 0. The summed E-state index contributed by atoms with van der Waals surface area (Å²) in [6.07, 6.45) is 7.57. The molecule has 17 heavy (non-hydrogen) atoms. The number of hydrogen-bond donors (Lipinski definition) is 1. The molecule has 1 aliphatic rings. The fraction of sp³-hybridized carbons (Fsp3) is 0.929. The zero-order valence-electron chi connectivity index (χ0n) is 11.8. The van der Waals surface area contributed by atoms with Crippen molar-refractivity contribution in [2.45, 2.75) is 65.3 Å². The van der Waals surface area contributed by atoms with Crippen LogP contribution in [0.1, 0.15) is 59.3 Å². The van der Waals surface area contributed by atoms with Gasteiger partial charge in [-0.1, -0.05) is 33.6 Å². The summed E-state index contributed by atoms with van der Waals surface area (Å²) in [5.74, 6) is 1.51. The summed E-state index contributed by atoms with van der Waals surface area (Å²) in [6, 6.07) is 0.648. The highest BCUT2D eigenvalue weighted by Gasteiger charge is 2.23. The van der Waals surface area contributed by atoms with Gasteiger partial charge in [-0.05, 0) is 31.6 Å². The number of aliphatic imine (C=N–C) groups is 1. The molecule has 0 heterocycles. The van der Waals surface area contributed by atoms with Crippen LogP contribution in [0.3, 0.4) is 0 Å². The Morgan fingerprint density at radius 3 is 2.53 bits per heavy atom.